The van der Waals surface area contributed by atoms with Crippen LogP contribution in [0.3, 0.4) is 0 Å². The van der Waals surface area contributed by atoms with Crippen LogP contribution in [0.25, 0.3) is 0 Å². The maximum atomic E-state index is 11.8. The van der Waals surface area contributed by atoms with Crippen LogP contribution >= 0.6 is 11.3 Å². The largest absolute Gasteiger partial charge is 0.396 e. The minimum absolute atomic E-state index is 0.214. The Bertz CT molecular complexity index is 517. The summed E-state index contributed by atoms with van der Waals surface area (Å²) in [6, 6.07) is 2.47. The lowest BCUT2D eigenvalue weighted by atomic mass is 10.2. The average Bonchev–Trinajstić information content (AvgIpc) is 2.91. The summed E-state index contributed by atoms with van der Waals surface area (Å²) in [7, 11) is 0. The van der Waals surface area contributed by atoms with Crippen LogP contribution in [0.2, 0.25) is 0 Å². The van der Waals surface area contributed by atoms with Crippen LogP contribution in [0, 0.1) is 17.2 Å². The van der Waals surface area contributed by atoms with E-state index in [0.29, 0.717) is 33.9 Å². The fourth-order valence-electron chi connectivity index (χ4n) is 1.76. The molecule has 0 spiro atoms. The minimum Gasteiger partial charge on any atom is -0.396 e. The van der Waals surface area contributed by atoms with Crippen molar-refractivity contribution < 1.29 is 4.79 Å². The summed E-state index contributed by atoms with van der Waals surface area (Å²) >= 11 is 1.26. The molecule has 2 atom stereocenters. The van der Waals surface area contributed by atoms with Crippen LogP contribution in [-0.4, -0.2) is 18.5 Å². The molecule has 18 heavy (non-hydrogen) atoms. The van der Waals surface area contributed by atoms with Gasteiger partial charge in [-0.3, -0.25) is 4.79 Å². The molecule has 6 heteroatoms. The standard InChI is InChI=1S/C12H16N4OS/c1-3-15-11(17)10-9(14)7(5-13)12(18-10)16-8-4-6(8)2/h6,8,16H,3-4,14H2,1-2H3,(H,15,17). The van der Waals surface area contributed by atoms with Crippen LogP contribution in [-0.2, 0) is 0 Å². The fraction of sp³-hybridized carbons (Fsp3) is 0.500. The second kappa shape index (κ2) is 4.86. The van der Waals surface area contributed by atoms with Crippen LogP contribution in [0.4, 0.5) is 10.7 Å². The number of carbonyl (C=O) groups is 1. The highest BCUT2D eigenvalue weighted by molar-refractivity contribution is 7.19. The Kier molecular flexibility index (Phi) is 3.43. The van der Waals surface area contributed by atoms with Gasteiger partial charge >= 0.3 is 0 Å². The van der Waals surface area contributed by atoms with Gasteiger partial charge in [-0.2, -0.15) is 5.26 Å². The zero-order valence-electron chi connectivity index (χ0n) is 10.4. The number of nitrogen functional groups attached to an aromatic ring is 1. The molecule has 0 bridgehead atoms. The number of nitrogens with two attached hydrogens (primary N) is 1. The molecule has 96 valence electrons. The lowest BCUT2D eigenvalue weighted by Gasteiger charge is -2.01. The lowest BCUT2D eigenvalue weighted by Crippen LogP contribution is -2.22. The molecule has 1 fully saturated rings. The molecule has 0 saturated heterocycles. The van der Waals surface area contributed by atoms with E-state index in [2.05, 4.69) is 23.6 Å². The lowest BCUT2D eigenvalue weighted by molar-refractivity contribution is 0.0960. The van der Waals surface area contributed by atoms with Crippen LogP contribution in [0.15, 0.2) is 0 Å². The summed E-state index contributed by atoms with van der Waals surface area (Å²) in [4.78, 5) is 12.2. The number of thiophene rings is 1. The van der Waals surface area contributed by atoms with Gasteiger partial charge in [-0.1, -0.05) is 6.92 Å². The number of amides is 1. The van der Waals surface area contributed by atoms with Crippen molar-refractivity contribution in [2.75, 3.05) is 17.6 Å². The highest BCUT2D eigenvalue weighted by Gasteiger charge is 2.34. The summed E-state index contributed by atoms with van der Waals surface area (Å²) in [6.07, 6.45) is 1.10. The maximum Gasteiger partial charge on any atom is 0.263 e. The summed E-state index contributed by atoms with van der Waals surface area (Å²) in [5.41, 5.74) is 6.53. The topological polar surface area (TPSA) is 90.9 Å². The van der Waals surface area contributed by atoms with Crippen molar-refractivity contribution in [2.24, 2.45) is 5.92 Å². The predicted octanol–water partition coefficient (Wildman–Crippen LogP) is 1.77. The van der Waals surface area contributed by atoms with Gasteiger partial charge in [0.05, 0.1) is 5.69 Å². The van der Waals surface area contributed by atoms with Crippen molar-refractivity contribution in [1.29, 1.82) is 5.26 Å². The molecule has 1 aromatic heterocycles. The molecular weight excluding hydrogens is 248 g/mol. The van der Waals surface area contributed by atoms with Crippen molar-refractivity contribution in [3.63, 3.8) is 0 Å². The molecular formula is C12H16N4OS. The first-order chi connectivity index (χ1) is 8.58. The van der Waals surface area contributed by atoms with Gasteiger partial charge < -0.3 is 16.4 Å². The highest BCUT2D eigenvalue weighted by atomic mass is 32.1. The highest BCUT2D eigenvalue weighted by Crippen LogP contribution is 2.40. The molecule has 4 N–H and O–H groups in total. The maximum absolute atomic E-state index is 11.8. The van der Waals surface area contributed by atoms with Crippen molar-refractivity contribution in [1.82, 2.24) is 5.32 Å². The van der Waals surface area contributed by atoms with E-state index in [9.17, 15) is 4.79 Å². The number of rotatable bonds is 4. The van der Waals surface area contributed by atoms with E-state index in [0.717, 1.165) is 6.42 Å². The molecule has 1 amide bonds. The van der Waals surface area contributed by atoms with Gasteiger partial charge in [0, 0.05) is 12.6 Å². The SMILES string of the molecule is CCNC(=O)c1sc(NC2CC2C)c(C#N)c1N. The molecule has 1 aromatic rings. The van der Waals surface area contributed by atoms with Gasteiger partial charge in [0.15, 0.2) is 0 Å². The number of anilines is 2. The van der Waals surface area contributed by atoms with Crippen molar-refractivity contribution in [2.45, 2.75) is 26.3 Å². The monoisotopic (exact) mass is 264 g/mol. The fourth-order valence-corrected chi connectivity index (χ4v) is 2.81. The third-order valence-corrected chi connectivity index (χ3v) is 4.16. The molecule has 2 rings (SSSR count). The molecule has 0 aliphatic heterocycles. The number of hydrogen-bond donors (Lipinski definition) is 3. The van der Waals surface area contributed by atoms with Crippen molar-refractivity contribution >= 4 is 27.9 Å². The Balaban J connectivity index is 2.27. The summed E-state index contributed by atoms with van der Waals surface area (Å²) in [5, 5.41) is 15.8. The molecule has 0 radical (unpaired) electrons. The summed E-state index contributed by atoms with van der Waals surface area (Å²) in [5.74, 6) is 0.404. The third-order valence-electron chi connectivity index (χ3n) is 3.03. The molecule has 0 aromatic carbocycles. The Hall–Kier alpha value is -1.74. The second-order valence-corrected chi connectivity index (χ2v) is 5.50. The first-order valence-corrected chi connectivity index (χ1v) is 6.77. The van der Waals surface area contributed by atoms with E-state index in [4.69, 9.17) is 11.0 Å². The zero-order chi connectivity index (χ0) is 13.3. The van der Waals surface area contributed by atoms with E-state index >= 15 is 0 Å². The summed E-state index contributed by atoms with van der Waals surface area (Å²) < 4.78 is 0. The normalized spacial score (nSPS) is 21.2. The number of nitrogens with one attached hydrogen (secondary N) is 2. The first kappa shape index (κ1) is 12.7. The van der Waals surface area contributed by atoms with Gasteiger partial charge in [-0.15, -0.1) is 11.3 Å². The summed E-state index contributed by atoms with van der Waals surface area (Å²) in [6.45, 7) is 4.53. The quantitative estimate of drug-likeness (QED) is 0.773. The van der Waals surface area contributed by atoms with E-state index < -0.39 is 0 Å². The number of carbonyl (C=O) groups excluding carboxylic acids is 1. The number of nitriles is 1. The number of hydrogen-bond acceptors (Lipinski definition) is 5. The van der Waals surface area contributed by atoms with Crippen molar-refractivity contribution in [3.8, 4) is 6.07 Å². The molecule has 2 unspecified atom stereocenters. The second-order valence-electron chi connectivity index (χ2n) is 4.48. The van der Waals surface area contributed by atoms with E-state index in [1.54, 1.807) is 0 Å². The zero-order valence-corrected chi connectivity index (χ0v) is 11.2. The van der Waals surface area contributed by atoms with Crippen molar-refractivity contribution in [3.05, 3.63) is 10.4 Å². The predicted molar refractivity (Wildman–Crippen MR) is 72.6 cm³/mol. The molecule has 1 aliphatic carbocycles. The molecule has 1 heterocycles. The van der Waals surface area contributed by atoms with Gasteiger partial charge in [-0.05, 0) is 19.3 Å². The third kappa shape index (κ3) is 2.27. The van der Waals surface area contributed by atoms with Crippen LogP contribution in [0.5, 0.6) is 0 Å². The van der Waals surface area contributed by atoms with E-state index in [1.807, 2.05) is 6.92 Å². The Morgan fingerprint density at radius 2 is 2.33 bits per heavy atom. The Morgan fingerprint density at radius 3 is 2.83 bits per heavy atom. The Labute approximate surface area is 110 Å². The van der Waals surface area contributed by atoms with Gasteiger partial charge in [0.2, 0.25) is 0 Å². The van der Waals surface area contributed by atoms with Gasteiger partial charge in [0.25, 0.3) is 5.91 Å². The van der Waals surface area contributed by atoms with E-state index in [1.165, 1.54) is 11.3 Å². The molecule has 1 aliphatic rings. The molecule has 5 nitrogen and oxygen atoms in total. The smallest absolute Gasteiger partial charge is 0.263 e. The Morgan fingerprint density at radius 1 is 1.67 bits per heavy atom. The van der Waals surface area contributed by atoms with Gasteiger partial charge in [0.1, 0.15) is 21.5 Å². The number of nitrogens with zero attached hydrogens (tertiary/aromatic N) is 1. The minimum atomic E-state index is -0.214. The first-order valence-electron chi connectivity index (χ1n) is 5.95. The van der Waals surface area contributed by atoms with Crippen LogP contribution in [0.1, 0.15) is 35.5 Å². The van der Waals surface area contributed by atoms with Crippen LogP contribution < -0.4 is 16.4 Å². The molecule has 1 saturated carbocycles. The van der Waals surface area contributed by atoms with E-state index in [-0.39, 0.29) is 11.6 Å². The van der Waals surface area contributed by atoms with Gasteiger partial charge in [-0.25, -0.2) is 0 Å². The average molecular weight is 264 g/mol.